The summed E-state index contributed by atoms with van der Waals surface area (Å²) in [6.07, 6.45) is 0. The van der Waals surface area contributed by atoms with Crippen LogP contribution in [0.2, 0.25) is 5.02 Å². The highest BCUT2D eigenvalue weighted by Crippen LogP contribution is 2.30. The SMILES string of the molecule is Cc1ccc(NC(=O)c2sccc2S(=O)(=O)Nc2onc(C)c2Cl)c(C)c1. The zero-order chi connectivity index (χ0) is 19.8. The first kappa shape index (κ1) is 19.4. The molecule has 0 atom stereocenters. The van der Waals surface area contributed by atoms with Crippen molar-refractivity contribution in [3.05, 3.63) is 56.4 Å². The average molecular weight is 426 g/mol. The van der Waals surface area contributed by atoms with Crippen LogP contribution in [0.3, 0.4) is 0 Å². The van der Waals surface area contributed by atoms with E-state index in [1.165, 1.54) is 11.4 Å². The molecule has 0 aliphatic carbocycles. The molecular formula is C17H16ClN3O4S2. The molecule has 2 aromatic heterocycles. The van der Waals surface area contributed by atoms with E-state index in [0.717, 1.165) is 22.5 Å². The van der Waals surface area contributed by atoms with Crippen molar-refractivity contribution in [3.63, 3.8) is 0 Å². The number of nitrogens with zero attached hydrogens (tertiary/aromatic N) is 1. The molecule has 10 heteroatoms. The Morgan fingerprint density at radius 1 is 1.22 bits per heavy atom. The number of amides is 1. The summed E-state index contributed by atoms with van der Waals surface area (Å²) < 4.78 is 32.5. The maximum atomic E-state index is 12.7. The number of benzene rings is 1. The Hall–Kier alpha value is -2.36. The van der Waals surface area contributed by atoms with E-state index in [2.05, 4.69) is 15.2 Å². The van der Waals surface area contributed by atoms with Crippen LogP contribution in [-0.2, 0) is 10.0 Å². The molecule has 1 aromatic carbocycles. The molecule has 1 amide bonds. The Morgan fingerprint density at radius 3 is 2.59 bits per heavy atom. The molecule has 0 aliphatic heterocycles. The summed E-state index contributed by atoms with van der Waals surface area (Å²) in [6.45, 7) is 5.39. The predicted molar refractivity (Wildman–Crippen MR) is 105 cm³/mol. The van der Waals surface area contributed by atoms with Crippen molar-refractivity contribution < 1.29 is 17.7 Å². The van der Waals surface area contributed by atoms with E-state index >= 15 is 0 Å². The quantitative estimate of drug-likeness (QED) is 0.632. The van der Waals surface area contributed by atoms with Gasteiger partial charge in [-0.3, -0.25) is 4.79 Å². The topological polar surface area (TPSA) is 101 Å². The molecule has 7 nitrogen and oxygen atoms in total. The van der Waals surface area contributed by atoms with Gasteiger partial charge in [0.2, 0.25) is 0 Å². The number of anilines is 2. The highest BCUT2D eigenvalue weighted by atomic mass is 35.5. The van der Waals surface area contributed by atoms with E-state index in [4.69, 9.17) is 16.1 Å². The lowest BCUT2D eigenvalue weighted by atomic mass is 10.1. The fourth-order valence-electron chi connectivity index (χ4n) is 2.41. The van der Waals surface area contributed by atoms with Gasteiger partial charge in [-0.25, -0.2) is 13.1 Å². The van der Waals surface area contributed by atoms with Gasteiger partial charge in [0, 0.05) is 5.69 Å². The minimum absolute atomic E-state index is 0.0508. The molecule has 0 spiro atoms. The van der Waals surface area contributed by atoms with Crippen molar-refractivity contribution in [2.24, 2.45) is 0 Å². The molecule has 2 N–H and O–H groups in total. The van der Waals surface area contributed by atoms with Gasteiger partial charge in [-0.2, -0.15) is 0 Å². The first-order valence-electron chi connectivity index (χ1n) is 7.79. The van der Waals surface area contributed by atoms with Crippen LogP contribution in [0, 0.1) is 20.8 Å². The highest BCUT2D eigenvalue weighted by molar-refractivity contribution is 7.93. The van der Waals surface area contributed by atoms with Gasteiger partial charge in [-0.15, -0.1) is 11.3 Å². The molecule has 3 rings (SSSR count). The van der Waals surface area contributed by atoms with Crippen LogP contribution in [0.5, 0.6) is 0 Å². The first-order chi connectivity index (χ1) is 12.7. The van der Waals surface area contributed by atoms with Crippen LogP contribution in [0.25, 0.3) is 0 Å². The lowest BCUT2D eigenvalue weighted by Gasteiger charge is -2.10. The Morgan fingerprint density at radius 2 is 1.96 bits per heavy atom. The van der Waals surface area contributed by atoms with Crippen molar-refractivity contribution >= 4 is 50.4 Å². The largest absolute Gasteiger partial charge is 0.336 e. The van der Waals surface area contributed by atoms with Gasteiger partial charge in [-0.1, -0.05) is 34.5 Å². The number of sulfonamides is 1. The van der Waals surface area contributed by atoms with Crippen molar-refractivity contribution in [2.45, 2.75) is 25.7 Å². The molecule has 27 heavy (non-hydrogen) atoms. The molecule has 3 aromatic rings. The summed E-state index contributed by atoms with van der Waals surface area (Å²) in [7, 11) is -4.08. The normalized spacial score (nSPS) is 11.4. The lowest BCUT2D eigenvalue weighted by Crippen LogP contribution is -2.18. The molecule has 142 valence electrons. The number of rotatable bonds is 5. The summed E-state index contributed by atoms with van der Waals surface area (Å²) >= 11 is 6.98. The van der Waals surface area contributed by atoms with Crippen LogP contribution >= 0.6 is 22.9 Å². The van der Waals surface area contributed by atoms with Crippen LogP contribution in [0.15, 0.2) is 39.1 Å². The number of hydrogen-bond acceptors (Lipinski definition) is 6. The number of aromatic nitrogens is 1. The maximum Gasteiger partial charge on any atom is 0.267 e. The number of thiophene rings is 1. The zero-order valence-corrected chi connectivity index (χ0v) is 17.1. The van der Waals surface area contributed by atoms with Crippen molar-refractivity contribution in [1.29, 1.82) is 0 Å². The van der Waals surface area contributed by atoms with Gasteiger partial charge >= 0.3 is 0 Å². The Balaban J connectivity index is 1.88. The maximum absolute atomic E-state index is 12.7. The van der Waals surface area contributed by atoms with Crippen LogP contribution in [0.1, 0.15) is 26.5 Å². The monoisotopic (exact) mass is 425 g/mol. The minimum Gasteiger partial charge on any atom is -0.336 e. The van der Waals surface area contributed by atoms with Crippen molar-refractivity contribution in [3.8, 4) is 0 Å². The van der Waals surface area contributed by atoms with Crippen molar-refractivity contribution in [2.75, 3.05) is 10.0 Å². The van der Waals surface area contributed by atoms with Gasteiger partial charge < -0.3 is 9.84 Å². The number of carbonyl (C=O) groups is 1. The summed E-state index contributed by atoms with van der Waals surface area (Å²) in [5.74, 6) is -0.710. The van der Waals surface area contributed by atoms with E-state index in [1.54, 1.807) is 13.0 Å². The number of hydrogen-bond donors (Lipinski definition) is 2. The third-order valence-corrected chi connectivity index (χ3v) is 6.63. The summed E-state index contributed by atoms with van der Waals surface area (Å²) in [6, 6.07) is 6.92. The second-order valence-corrected chi connectivity index (χ2v) is 8.85. The zero-order valence-electron chi connectivity index (χ0n) is 14.7. The fraction of sp³-hybridized carbons (Fsp3) is 0.176. The van der Waals surface area contributed by atoms with E-state index in [1.807, 2.05) is 26.0 Å². The molecule has 0 unspecified atom stereocenters. The van der Waals surface area contributed by atoms with Crippen LogP contribution in [0.4, 0.5) is 11.6 Å². The molecule has 0 aliphatic rings. The molecular weight excluding hydrogens is 410 g/mol. The number of carbonyl (C=O) groups excluding carboxylic acids is 1. The van der Waals surface area contributed by atoms with E-state index in [-0.39, 0.29) is 20.7 Å². The van der Waals surface area contributed by atoms with E-state index in [9.17, 15) is 13.2 Å². The lowest BCUT2D eigenvalue weighted by molar-refractivity contribution is 0.102. The van der Waals surface area contributed by atoms with E-state index < -0.39 is 15.9 Å². The summed E-state index contributed by atoms with van der Waals surface area (Å²) in [4.78, 5) is 12.5. The molecule has 0 saturated carbocycles. The van der Waals surface area contributed by atoms with Gasteiger partial charge in [0.1, 0.15) is 20.5 Å². The third-order valence-electron chi connectivity index (χ3n) is 3.77. The fourth-order valence-corrected chi connectivity index (χ4v) is 4.90. The first-order valence-corrected chi connectivity index (χ1v) is 10.5. The molecule has 0 radical (unpaired) electrons. The molecule has 0 bridgehead atoms. The Kier molecular flexibility index (Phi) is 5.27. The third kappa shape index (κ3) is 4.00. The molecule has 0 fully saturated rings. The Labute approximate surface area is 165 Å². The second kappa shape index (κ2) is 7.34. The number of nitrogens with one attached hydrogen (secondary N) is 2. The minimum atomic E-state index is -4.08. The number of aryl methyl sites for hydroxylation is 3. The van der Waals surface area contributed by atoms with Crippen molar-refractivity contribution in [1.82, 2.24) is 5.16 Å². The van der Waals surface area contributed by atoms with Crippen LogP contribution in [-0.4, -0.2) is 19.5 Å². The van der Waals surface area contributed by atoms with Gasteiger partial charge in [0.15, 0.2) is 0 Å². The Bertz CT molecular complexity index is 1120. The summed E-state index contributed by atoms with van der Waals surface area (Å²) in [5.41, 5.74) is 2.91. The van der Waals surface area contributed by atoms with Crippen LogP contribution < -0.4 is 10.0 Å². The van der Waals surface area contributed by atoms with E-state index in [0.29, 0.717) is 11.4 Å². The number of halogens is 1. The standard InChI is InChI=1S/C17H16ClN3O4S2/c1-9-4-5-12(10(2)8-9)19-16(22)15-13(6-7-26-15)27(23,24)21-17-14(18)11(3)20-25-17/h4-8,21H,1-3H3,(H,19,22). The molecule has 0 saturated heterocycles. The highest BCUT2D eigenvalue weighted by Gasteiger charge is 2.27. The second-order valence-electron chi connectivity index (χ2n) is 5.90. The van der Waals surface area contributed by atoms with Gasteiger partial charge in [0.05, 0.1) is 0 Å². The summed E-state index contributed by atoms with van der Waals surface area (Å²) in [5, 5.41) is 7.94. The predicted octanol–water partition coefficient (Wildman–Crippen LogP) is 4.37. The molecule has 2 heterocycles. The smallest absolute Gasteiger partial charge is 0.267 e. The van der Waals surface area contributed by atoms with Gasteiger partial charge in [-0.05, 0) is 43.8 Å². The van der Waals surface area contributed by atoms with Gasteiger partial charge in [0.25, 0.3) is 21.8 Å². The average Bonchev–Trinajstić information content (AvgIpc) is 3.20.